The van der Waals surface area contributed by atoms with Crippen molar-refractivity contribution >= 4 is 35.0 Å². The third-order valence-electron chi connectivity index (χ3n) is 3.84. The number of nitrogens with zero attached hydrogens (tertiary/aromatic N) is 2. The van der Waals surface area contributed by atoms with Gasteiger partial charge in [-0.1, -0.05) is 6.92 Å². The Labute approximate surface area is 148 Å². The van der Waals surface area contributed by atoms with E-state index in [4.69, 9.17) is 14.2 Å². The Morgan fingerprint density at radius 3 is 2.92 bits per heavy atom. The number of hydrogen-bond donors (Lipinski definition) is 0. The first-order valence-corrected chi connectivity index (χ1v) is 9.83. The largest absolute Gasteiger partial charge is 0.455 e. The van der Waals surface area contributed by atoms with E-state index in [2.05, 4.69) is 4.98 Å². The highest BCUT2D eigenvalue weighted by molar-refractivity contribution is 7.99. The van der Waals surface area contributed by atoms with E-state index in [0.29, 0.717) is 31.3 Å². The SMILES string of the molecule is CCC(=O)N1CSC[C@H]1C(=O)O[C@H](C)c1cnc(C2OCCO2)s1. The summed E-state index contributed by atoms with van der Waals surface area (Å²) in [5, 5.41) is 0.726. The van der Waals surface area contributed by atoms with E-state index < -0.39 is 18.4 Å². The minimum absolute atomic E-state index is 0.0230. The molecule has 132 valence electrons. The van der Waals surface area contributed by atoms with Crippen LogP contribution in [-0.2, 0) is 23.8 Å². The van der Waals surface area contributed by atoms with Gasteiger partial charge in [0, 0.05) is 18.4 Å². The monoisotopic (exact) mass is 372 g/mol. The molecular weight excluding hydrogens is 352 g/mol. The third-order valence-corrected chi connectivity index (χ3v) is 6.03. The maximum atomic E-state index is 12.4. The van der Waals surface area contributed by atoms with Gasteiger partial charge in [-0.15, -0.1) is 23.1 Å². The molecule has 7 nitrogen and oxygen atoms in total. The van der Waals surface area contributed by atoms with Gasteiger partial charge in [0.25, 0.3) is 0 Å². The van der Waals surface area contributed by atoms with Crippen LogP contribution in [0.25, 0.3) is 0 Å². The average molecular weight is 372 g/mol. The molecule has 0 aliphatic carbocycles. The van der Waals surface area contributed by atoms with E-state index in [1.807, 2.05) is 0 Å². The molecule has 0 bridgehead atoms. The van der Waals surface area contributed by atoms with Gasteiger partial charge in [-0.25, -0.2) is 9.78 Å². The highest BCUT2D eigenvalue weighted by Gasteiger charge is 2.36. The Kier molecular flexibility index (Phi) is 5.75. The molecule has 0 radical (unpaired) electrons. The molecule has 2 aliphatic rings. The summed E-state index contributed by atoms with van der Waals surface area (Å²) in [4.78, 5) is 31.0. The molecule has 2 atom stereocenters. The van der Waals surface area contributed by atoms with Crippen LogP contribution in [0.15, 0.2) is 6.20 Å². The van der Waals surface area contributed by atoms with E-state index in [9.17, 15) is 9.59 Å². The van der Waals surface area contributed by atoms with E-state index in [0.717, 1.165) is 9.88 Å². The van der Waals surface area contributed by atoms with Crippen LogP contribution in [0, 0.1) is 0 Å². The van der Waals surface area contributed by atoms with E-state index in [1.54, 1.807) is 36.7 Å². The number of thiazole rings is 1. The Bertz CT molecular complexity index is 602. The molecule has 1 amide bonds. The molecule has 1 aromatic rings. The van der Waals surface area contributed by atoms with Gasteiger partial charge in [0.05, 0.1) is 24.0 Å². The number of thioether (sulfide) groups is 1. The highest BCUT2D eigenvalue weighted by Crippen LogP contribution is 2.32. The van der Waals surface area contributed by atoms with Crippen LogP contribution in [-0.4, -0.2) is 52.6 Å². The molecule has 9 heteroatoms. The summed E-state index contributed by atoms with van der Waals surface area (Å²) in [6.07, 6.45) is 1.23. The summed E-state index contributed by atoms with van der Waals surface area (Å²) >= 11 is 2.98. The van der Waals surface area contributed by atoms with Gasteiger partial charge in [-0.2, -0.15) is 0 Å². The maximum Gasteiger partial charge on any atom is 0.330 e. The number of hydrogen-bond acceptors (Lipinski definition) is 8. The molecule has 3 heterocycles. The minimum Gasteiger partial charge on any atom is -0.455 e. The van der Waals surface area contributed by atoms with Crippen LogP contribution in [0.3, 0.4) is 0 Å². The molecule has 24 heavy (non-hydrogen) atoms. The number of carbonyl (C=O) groups is 2. The quantitative estimate of drug-likeness (QED) is 0.733. The van der Waals surface area contributed by atoms with Crippen LogP contribution in [0.2, 0.25) is 0 Å². The number of amides is 1. The molecule has 0 unspecified atom stereocenters. The van der Waals surface area contributed by atoms with E-state index >= 15 is 0 Å². The standard InChI is InChI=1S/C15H20N2O5S2/c1-3-12(18)17-8-23-7-10(17)14(19)22-9(2)11-6-16-13(24-11)15-20-4-5-21-15/h6,9-10,15H,3-5,7-8H2,1-2H3/t9-,10+/m1/s1. The van der Waals surface area contributed by atoms with Crippen molar-refractivity contribution in [1.82, 2.24) is 9.88 Å². The molecule has 3 rings (SSSR count). The van der Waals surface area contributed by atoms with Crippen molar-refractivity contribution in [1.29, 1.82) is 0 Å². The maximum absolute atomic E-state index is 12.4. The molecule has 2 aliphatic heterocycles. The van der Waals surface area contributed by atoms with Crippen molar-refractivity contribution in [2.24, 2.45) is 0 Å². The second kappa shape index (κ2) is 7.81. The van der Waals surface area contributed by atoms with Gasteiger partial charge in [-0.05, 0) is 6.92 Å². The summed E-state index contributed by atoms with van der Waals surface area (Å²) < 4.78 is 16.4. The summed E-state index contributed by atoms with van der Waals surface area (Å²) in [5.41, 5.74) is 0. The highest BCUT2D eigenvalue weighted by atomic mass is 32.2. The normalized spacial score (nSPS) is 22.8. The number of aromatic nitrogens is 1. The first-order chi connectivity index (χ1) is 11.6. The van der Waals surface area contributed by atoms with Crippen molar-refractivity contribution < 1.29 is 23.8 Å². The number of ether oxygens (including phenoxy) is 3. The number of esters is 1. The Morgan fingerprint density at radius 1 is 1.46 bits per heavy atom. The molecule has 0 N–H and O–H groups in total. The van der Waals surface area contributed by atoms with Crippen LogP contribution in [0.5, 0.6) is 0 Å². The predicted molar refractivity (Wildman–Crippen MR) is 89.5 cm³/mol. The molecular formula is C15H20N2O5S2. The molecule has 2 saturated heterocycles. The van der Waals surface area contributed by atoms with Crippen LogP contribution < -0.4 is 0 Å². The van der Waals surface area contributed by atoms with Gasteiger partial charge in [0.2, 0.25) is 12.2 Å². The van der Waals surface area contributed by atoms with Gasteiger partial charge in [0.1, 0.15) is 17.2 Å². The van der Waals surface area contributed by atoms with Crippen molar-refractivity contribution in [2.45, 2.75) is 38.7 Å². The summed E-state index contributed by atoms with van der Waals surface area (Å²) in [5.74, 6) is 0.736. The van der Waals surface area contributed by atoms with Gasteiger partial charge in [-0.3, -0.25) is 4.79 Å². The second-order valence-electron chi connectivity index (χ2n) is 5.49. The molecule has 2 fully saturated rings. The minimum atomic E-state index is -0.501. The fourth-order valence-corrected chi connectivity index (χ4v) is 4.56. The lowest BCUT2D eigenvalue weighted by atomic mass is 10.2. The van der Waals surface area contributed by atoms with Gasteiger partial charge in [0.15, 0.2) is 0 Å². The van der Waals surface area contributed by atoms with Crippen LogP contribution in [0.4, 0.5) is 0 Å². The van der Waals surface area contributed by atoms with Crippen LogP contribution in [0.1, 0.15) is 42.5 Å². The molecule has 0 spiro atoms. The fraction of sp³-hybridized carbons (Fsp3) is 0.667. The van der Waals surface area contributed by atoms with Crippen molar-refractivity contribution in [3.8, 4) is 0 Å². The summed E-state index contributed by atoms with van der Waals surface area (Å²) in [7, 11) is 0. The van der Waals surface area contributed by atoms with Crippen molar-refractivity contribution in [3.05, 3.63) is 16.1 Å². The van der Waals surface area contributed by atoms with Crippen molar-refractivity contribution in [2.75, 3.05) is 24.8 Å². The Morgan fingerprint density at radius 2 is 2.21 bits per heavy atom. The number of carbonyl (C=O) groups excluding carboxylic acids is 2. The first kappa shape index (κ1) is 17.7. The molecule has 1 aromatic heterocycles. The first-order valence-electron chi connectivity index (χ1n) is 7.86. The smallest absolute Gasteiger partial charge is 0.330 e. The van der Waals surface area contributed by atoms with E-state index in [1.165, 1.54) is 11.3 Å². The Hall–Kier alpha value is -1.16. The lowest BCUT2D eigenvalue weighted by molar-refractivity contribution is -0.157. The second-order valence-corrected chi connectivity index (χ2v) is 7.58. The zero-order chi connectivity index (χ0) is 17.1. The topological polar surface area (TPSA) is 78.0 Å². The third kappa shape index (κ3) is 3.74. The zero-order valence-electron chi connectivity index (χ0n) is 13.6. The fourth-order valence-electron chi connectivity index (χ4n) is 2.50. The Balaban J connectivity index is 1.60. The number of rotatable bonds is 5. The average Bonchev–Trinajstić information content (AvgIpc) is 3.34. The summed E-state index contributed by atoms with van der Waals surface area (Å²) in [6.45, 7) is 4.72. The zero-order valence-corrected chi connectivity index (χ0v) is 15.2. The van der Waals surface area contributed by atoms with Crippen molar-refractivity contribution in [3.63, 3.8) is 0 Å². The molecule has 0 saturated carbocycles. The predicted octanol–water partition coefficient (Wildman–Crippen LogP) is 2.10. The lowest BCUT2D eigenvalue weighted by Gasteiger charge is -2.23. The van der Waals surface area contributed by atoms with Crippen LogP contribution >= 0.6 is 23.1 Å². The van der Waals surface area contributed by atoms with E-state index in [-0.39, 0.29) is 11.9 Å². The summed E-state index contributed by atoms with van der Waals surface area (Å²) in [6, 6.07) is -0.501. The molecule has 0 aromatic carbocycles. The van der Waals surface area contributed by atoms with Gasteiger partial charge < -0.3 is 19.1 Å². The lowest BCUT2D eigenvalue weighted by Crippen LogP contribution is -2.42. The van der Waals surface area contributed by atoms with Gasteiger partial charge >= 0.3 is 5.97 Å².